The molecule has 2 aliphatic rings. The van der Waals surface area contributed by atoms with Crippen molar-refractivity contribution in [3.63, 3.8) is 0 Å². The van der Waals surface area contributed by atoms with Crippen molar-refractivity contribution in [2.75, 3.05) is 26.2 Å². The Bertz CT molecular complexity index is 266. The van der Waals surface area contributed by atoms with Crippen LogP contribution in [0.1, 0.15) is 45.4 Å². The molecule has 0 radical (unpaired) electrons. The SMILES string of the molecule is CCN1CCCC(NCCC(=O)NC2CC2)CC1. The molecule has 1 saturated carbocycles. The number of nitrogens with zero attached hydrogens (tertiary/aromatic N) is 1. The third-order valence-corrected chi connectivity index (χ3v) is 4.00. The van der Waals surface area contributed by atoms with Crippen LogP contribution in [0.3, 0.4) is 0 Å². The predicted molar refractivity (Wildman–Crippen MR) is 73.5 cm³/mol. The summed E-state index contributed by atoms with van der Waals surface area (Å²) in [7, 11) is 0. The Morgan fingerprint density at radius 2 is 2.00 bits per heavy atom. The summed E-state index contributed by atoms with van der Waals surface area (Å²) < 4.78 is 0. The van der Waals surface area contributed by atoms with Gasteiger partial charge in [-0.05, 0) is 51.7 Å². The standard InChI is InChI=1S/C14H27N3O/c1-2-17-10-3-4-12(8-11-17)15-9-7-14(18)16-13-5-6-13/h12-13,15H,2-11H2,1H3,(H,16,18). The van der Waals surface area contributed by atoms with Gasteiger partial charge in [0, 0.05) is 25.0 Å². The zero-order chi connectivity index (χ0) is 12.8. The number of likely N-dealkylation sites (tertiary alicyclic amines) is 1. The van der Waals surface area contributed by atoms with Gasteiger partial charge < -0.3 is 15.5 Å². The van der Waals surface area contributed by atoms with Crippen molar-refractivity contribution < 1.29 is 4.79 Å². The highest BCUT2D eigenvalue weighted by Crippen LogP contribution is 2.18. The maximum Gasteiger partial charge on any atom is 0.221 e. The lowest BCUT2D eigenvalue weighted by Crippen LogP contribution is -2.35. The minimum Gasteiger partial charge on any atom is -0.353 e. The van der Waals surface area contributed by atoms with E-state index in [1.54, 1.807) is 0 Å². The summed E-state index contributed by atoms with van der Waals surface area (Å²) >= 11 is 0. The van der Waals surface area contributed by atoms with Gasteiger partial charge in [0.15, 0.2) is 0 Å². The van der Waals surface area contributed by atoms with Gasteiger partial charge >= 0.3 is 0 Å². The van der Waals surface area contributed by atoms with Crippen LogP contribution in [0, 0.1) is 0 Å². The Morgan fingerprint density at radius 1 is 1.17 bits per heavy atom. The van der Waals surface area contributed by atoms with Crippen LogP contribution in [0.15, 0.2) is 0 Å². The third-order valence-electron chi connectivity index (χ3n) is 4.00. The normalized spacial score (nSPS) is 25.7. The Balaban J connectivity index is 1.56. The van der Waals surface area contributed by atoms with E-state index >= 15 is 0 Å². The van der Waals surface area contributed by atoms with E-state index in [1.807, 2.05) is 0 Å². The number of rotatable bonds is 6. The second kappa shape index (κ2) is 7.10. The Kier molecular flexibility index (Phi) is 5.45. The highest BCUT2D eigenvalue weighted by molar-refractivity contribution is 5.76. The zero-order valence-electron chi connectivity index (χ0n) is 11.6. The molecule has 0 bridgehead atoms. The molecule has 1 amide bonds. The van der Waals surface area contributed by atoms with E-state index in [0.717, 1.165) is 13.1 Å². The van der Waals surface area contributed by atoms with Gasteiger partial charge in [-0.15, -0.1) is 0 Å². The monoisotopic (exact) mass is 253 g/mol. The maximum absolute atomic E-state index is 11.5. The molecule has 0 aromatic heterocycles. The summed E-state index contributed by atoms with van der Waals surface area (Å²) in [6.45, 7) is 6.65. The van der Waals surface area contributed by atoms with Crippen LogP contribution in [-0.2, 0) is 4.79 Å². The van der Waals surface area contributed by atoms with E-state index in [-0.39, 0.29) is 5.91 Å². The molecule has 4 nitrogen and oxygen atoms in total. The summed E-state index contributed by atoms with van der Waals surface area (Å²) in [5.41, 5.74) is 0. The number of carbonyl (C=O) groups excluding carboxylic acids is 1. The van der Waals surface area contributed by atoms with Crippen LogP contribution in [0.5, 0.6) is 0 Å². The van der Waals surface area contributed by atoms with Gasteiger partial charge in [-0.25, -0.2) is 0 Å². The van der Waals surface area contributed by atoms with Gasteiger partial charge in [0.1, 0.15) is 0 Å². The molecule has 1 atom stereocenters. The van der Waals surface area contributed by atoms with E-state index in [1.165, 1.54) is 45.2 Å². The summed E-state index contributed by atoms with van der Waals surface area (Å²) in [5.74, 6) is 0.216. The molecule has 2 fully saturated rings. The van der Waals surface area contributed by atoms with E-state index in [2.05, 4.69) is 22.5 Å². The molecular weight excluding hydrogens is 226 g/mol. The lowest BCUT2D eigenvalue weighted by Gasteiger charge is -2.18. The van der Waals surface area contributed by atoms with Gasteiger partial charge in [0.05, 0.1) is 0 Å². The smallest absolute Gasteiger partial charge is 0.221 e. The average molecular weight is 253 g/mol. The van der Waals surface area contributed by atoms with Crippen LogP contribution in [-0.4, -0.2) is 49.1 Å². The van der Waals surface area contributed by atoms with E-state index in [0.29, 0.717) is 18.5 Å². The Hall–Kier alpha value is -0.610. The van der Waals surface area contributed by atoms with Crippen molar-refractivity contribution in [2.45, 2.75) is 57.5 Å². The topological polar surface area (TPSA) is 44.4 Å². The van der Waals surface area contributed by atoms with E-state index in [4.69, 9.17) is 0 Å². The van der Waals surface area contributed by atoms with Crippen molar-refractivity contribution in [3.05, 3.63) is 0 Å². The fourth-order valence-corrected chi connectivity index (χ4v) is 2.59. The zero-order valence-corrected chi connectivity index (χ0v) is 11.6. The van der Waals surface area contributed by atoms with Gasteiger partial charge in [0.25, 0.3) is 0 Å². The molecule has 0 aromatic rings. The summed E-state index contributed by atoms with van der Waals surface area (Å²) in [4.78, 5) is 14.1. The first-order chi connectivity index (χ1) is 8.78. The van der Waals surface area contributed by atoms with Crippen molar-refractivity contribution in [3.8, 4) is 0 Å². The van der Waals surface area contributed by atoms with Crippen LogP contribution in [0.25, 0.3) is 0 Å². The molecule has 1 unspecified atom stereocenters. The molecule has 2 rings (SSSR count). The van der Waals surface area contributed by atoms with Crippen LogP contribution in [0.4, 0.5) is 0 Å². The van der Waals surface area contributed by atoms with Crippen molar-refractivity contribution in [1.82, 2.24) is 15.5 Å². The number of carbonyl (C=O) groups is 1. The third kappa shape index (κ3) is 4.94. The molecule has 1 saturated heterocycles. The Labute approximate surface area is 110 Å². The molecule has 4 heteroatoms. The first kappa shape index (κ1) is 13.8. The highest BCUT2D eigenvalue weighted by atomic mass is 16.1. The fraction of sp³-hybridized carbons (Fsp3) is 0.929. The molecule has 1 aliphatic heterocycles. The first-order valence-corrected chi connectivity index (χ1v) is 7.53. The van der Waals surface area contributed by atoms with Crippen LogP contribution < -0.4 is 10.6 Å². The molecule has 1 heterocycles. The molecule has 0 aromatic carbocycles. The largest absolute Gasteiger partial charge is 0.353 e. The molecule has 104 valence electrons. The fourth-order valence-electron chi connectivity index (χ4n) is 2.59. The van der Waals surface area contributed by atoms with Crippen molar-refractivity contribution in [2.24, 2.45) is 0 Å². The van der Waals surface area contributed by atoms with Crippen LogP contribution in [0.2, 0.25) is 0 Å². The molecule has 1 aliphatic carbocycles. The minimum absolute atomic E-state index is 0.216. The van der Waals surface area contributed by atoms with Crippen LogP contribution >= 0.6 is 0 Å². The number of hydrogen-bond acceptors (Lipinski definition) is 3. The highest BCUT2D eigenvalue weighted by Gasteiger charge is 2.23. The first-order valence-electron chi connectivity index (χ1n) is 7.53. The van der Waals surface area contributed by atoms with Gasteiger partial charge in [-0.1, -0.05) is 6.92 Å². The number of hydrogen-bond donors (Lipinski definition) is 2. The van der Waals surface area contributed by atoms with E-state index < -0.39 is 0 Å². The lowest BCUT2D eigenvalue weighted by molar-refractivity contribution is -0.121. The summed E-state index contributed by atoms with van der Waals surface area (Å²) in [6, 6.07) is 1.10. The summed E-state index contributed by atoms with van der Waals surface area (Å²) in [6.07, 6.45) is 6.73. The molecule has 0 spiro atoms. The molecule has 18 heavy (non-hydrogen) atoms. The van der Waals surface area contributed by atoms with Crippen molar-refractivity contribution in [1.29, 1.82) is 0 Å². The van der Waals surface area contributed by atoms with E-state index in [9.17, 15) is 4.79 Å². The van der Waals surface area contributed by atoms with Gasteiger partial charge in [-0.2, -0.15) is 0 Å². The molecule has 2 N–H and O–H groups in total. The van der Waals surface area contributed by atoms with Gasteiger partial charge in [0.2, 0.25) is 5.91 Å². The minimum atomic E-state index is 0.216. The second-order valence-corrected chi connectivity index (χ2v) is 5.61. The van der Waals surface area contributed by atoms with Gasteiger partial charge in [-0.3, -0.25) is 4.79 Å². The van der Waals surface area contributed by atoms with Crippen molar-refractivity contribution >= 4 is 5.91 Å². The maximum atomic E-state index is 11.5. The molecular formula is C14H27N3O. The quantitative estimate of drug-likeness (QED) is 0.745. The number of amides is 1. The lowest BCUT2D eigenvalue weighted by atomic mass is 10.1. The average Bonchev–Trinajstić information content (AvgIpc) is 3.16. The second-order valence-electron chi connectivity index (χ2n) is 5.61. The predicted octanol–water partition coefficient (Wildman–Crippen LogP) is 1.12. The Morgan fingerprint density at radius 3 is 2.72 bits per heavy atom. The number of nitrogens with one attached hydrogen (secondary N) is 2. The summed E-state index contributed by atoms with van der Waals surface area (Å²) in [5, 5.41) is 6.58.